The van der Waals surface area contributed by atoms with Gasteiger partial charge in [0.2, 0.25) is 0 Å². The third-order valence-corrected chi connectivity index (χ3v) is 3.68. The minimum absolute atomic E-state index is 0.0218. The van der Waals surface area contributed by atoms with Gasteiger partial charge < -0.3 is 15.1 Å². The van der Waals surface area contributed by atoms with Crippen LogP contribution < -0.4 is 10.2 Å². The van der Waals surface area contributed by atoms with E-state index in [2.05, 4.69) is 19.2 Å². The van der Waals surface area contributed by atoms with Gasteiger partial charge in [-0.2, -0.15) is 0 Å². The maximum Gasteiger partial charge on any atom is 0.279 e. The van der Waals surface area contributed by atoms with Crippen LogP contribution in [0.15, 0.2) is 18.2 Å². The summed E-state index contributed by atoms with van der Waals surface area (Å²) >= 11 is 0. The van der Waals surface area contributed by atoms with Crippen molar-refractivity contribution in [2.24, 2.45) is 0 Å². The summed E-state index contributed by atoms with van der Waals surface area (Å²) in [6, 6.07) is 6.11. The molecule has 1 unspecified atom stereocenters. The van der Waals surface area contributed by atoms with Crippen LogP contribution in [0.1, 0.15) is 25.0 Å². The number of rotatable bonds is 7. The first kappa shape index (κ1) is 18.2. The highest BCUT2D eigenvalue weighted by Crippen LogP contribution is 2.22. The van der Waals surface area contributed by atoms with E-state index in [-0.39, 0.29) is 18.4 Å². The third-order valence-electron chi connectivity index (χ3n) is 3.68. The quantitative estimate of drug-likeness (QED) is 0.764. The van der Waals surface area contributed by atoms with Crippen LogP contribution >= 0.6 is 0 Å². The van der Waals surface area contributed by atoms with Gasteiger partial charge in [0, 0.05) is 19.8 Å². The SMILES string of the molecule is CCc1cccc(CC)c1NC(=O)C[NH+](C)CC(=O)N(C)C. The molecular weight excluding hydrogens is 278 g/mol. The number of anilines is 1. The standard InChI is InChI=1S/C17H27N3O2/c1-6-13-9-8-10-14(7-2)17(13)18-15(21)11-20(5)12-16(22)19(3)4/h8-10H,6-7,11-12H2,1-5H3,(H,18,21)/p+1. The van der Waals surface area contributed by atoms with Crippen LogP contribution in [0.4, 0.5) is 5.69 Å². The van der Waals surface area contributed by atoms with Crippen molar-refractivity contribution in [3.8, 4) is 0 Å². The molecule has 0 heterocycles. The van der Waals surface area contributed by atoms with Crippen LogP contribution in [0.3, 0.4) is 0 Å². The fourth-order valence-electron chi connectivity index (χ4n) is 2.34. The van der Waals surface area contributed by atoms with Crippen LogP contribution in [-0.2, 0) is 22.4 Å². The van der Waals surface area contributed by atoms with E-state index in [9.17, 15) is 9.59 Å². The van der Waals surface area contributed by atoms with Crippen molar-refractivity contribution in [3.05, 3.63) is 29.3 Å². The lowest BCUT2D eigenvalue weighted by atomic mass is 10.0. The molecule has 0 aromatic heterocycles. The molecule has 0 saturated heterocycles. The molecule has 22 heavy (non-hydrogen) atoms. The Hall–Kier alpha value is -1.88. The van der Waals surface area contributed by atoms with Gasteiger partial charge in [0.15, 0.2) is 13.1 Å². The molecule has 1 aromatic carbocycles. The average molecular weight is 306 g/mol. The van der Waals surface area contributed by atoms with Crippen molar-refractivity contribution >= 4 is 17.5 Å². The van der Waals surface area contributed by atoms with E-state index < -0.39 is 0 Å². The van der Waals surface area contributed by atoms with Crippen molar-refractivity contribution in [2.75, 3.05) is 39.5 Å². The van der Waals surface area contributed by atoms with Crippen molar-refractivity contribution in [3.63, 3.8) is 0 Å². The number of amides is 2. The number of carbonyl (C=O) groups excluding carboxylic acids is 2. The molecule has 0 spiro atoms. The fourth-order valence-corrected chi connectivity index (χ4v) is 2.34. The minimum atomic E-state index is -0.0559. The number of para-hydroxylation sites is 1. The molecule has 0 fully saturated rings. The van der Waals surface area contributed by atoms with Gasteiger partial charge >= 0.3 is 0 Å². The lowest BCUT2D eigenvalue weighted by molar-refractivity contribution is -0.862. The Labute approximate surface area is 133 Å². The Balaban J connectivity index is 2.71. The van der Waals surface area contributed by atoms with Crippen LogP contribution in [0.2, 0.25) is 0 Å². The highest BCUT2D eigenvalue weighted by molar-refractivity contribution is 5.93. The largest absolute Gasteiger partial charge is 0.344 e. The second-order valence-corrected chi connectivity index (χ2v) is 5.81. The number of benzene rings is 1. The molecule has 0 aliphatic carbocycles. The summed E-state index contributed by atoms with van der Waals surface area (Å²) in [5.74, 6) is -0.0341. The molecule has 2 N–H and O–H groups in total. The van der Waals surface area contributed by atoms with Gasteiger partial charge in [-0.25, -0.2) is 0 Å². The van der Waals surface area contributed by atoms with Gasteiger partial charge in [0.25, 0.3) is 11.8 Å². The summed E-state index contributed by atoms with van der Waals surface area (Å²) < 4.78 is 0. The van der Waals surface area contributed by atoms with Crippen molar-refractivity contribution in [2.45, 2.75) is 26.7 Å². The maximum atomic E-state index is 12.3. The first-order valence-electron chi connectivity index (χ1n) is 7.81. The summed E-state index contributed by atoms with van der Waals surface area (Å²) in [6.07, 6.45) is 1.76. The second kappa shape index (κ2) is 8.54. The zero-order valence-electron chi connectivity index (χ0n) is 14.3. The van der Waals surface area contributed by atoms with E-state index in [1.807, 2.05) is 25.2 Å². The highest BCUT2D eigenvalue weighted by atomic mass is 16.2. The number of likely N-dealkylation sites (N-methyl/N-ethyl adjacent to an activating group) is 2. The monoisotopic (exact) mass is 306 g/mol. The third kappa shape index (κ3) is 5.15. The lowest BCUT2D eigenvalue weighted by Gasteiger charge is -2.18. The van der Waals surface area contributed by atoms with Gasteiger partial charge in [-0.3, -0.25) is 9.59 Å². The average Bonchev–Trinajstić information content (AvgIpc) is 2.46. The summed E-state index contributed by atoms with van der Waals surface area (Å²) in [5.41, 5.74) is 3.23. The van der Waals surface area contributed by atoms with Gasteiger partial charge in [0.05, 0.1) is 7.05 Å². The first-order chi connectivity index (χ1) is 10.4. The van der Waals surface area contributed by atoms with Crippen molar-refractivity contribution in [1.82, 2.24) is 4.90 Å². The van der Waals surface area contributed by atoms with Crippen LogP contribution in [0.25, 0.3) is 0 Å². The predicted octanol–water partition coefficient (Wildman–Crippen LogP) is 0.353. The van der Waals surface area contributed by atoms with Crippen LogP contribution in [0.5, 0.6) is 0 Å². The van der Waals surface area contributed by atoms with Gasteiger partial charge in [-0.1, -0.05) is 32.0 Å². The Morgan fingerprint density at radius 3 is 2.09 bits per heavy atom. The van der Waals surface area contributed by atoms with E-state index in [1.54, 1.807) is 19.0 Å². The van der Waals surface area contributed by atoms with Gasteiger partial charge in [0.1, 0.15) is 0 Å². The molecule has 5 nitrogen and oxygen atoms in total. The van der Waals surface area contributed by atoms with E-state index in [4.69, 9.17) is 0 Å². The van der Waals surface area contributed by atoms with E-state index >= 15 is 0 Å². The normalized spacial score (nSPS) is 11.9. The first-order valence-corrected chi connectivity index (χ1v) is 7.81. The molecule has 0 aliphatic heterocycles. The topological polar surface area (TPSA) is 53.9 Å². The molecule has 1 rings (SSSR count). The number of quaternary nitrogens is 1. The molecule has 2 amide bonds. The summed E-state index contributed by atoms with van der Waals surface area (Å²) in [4.78, 5) is 26.3. The Morgan fingerprint density at radius 2 is 1.64 bits per heavy atom. The van der Waals surface area contributed by atoms with Crippen molar-refractivity contribution in [1.29, 1.82) is 0 Å². The number of hydrogen-bond donors (Lipinski definition) is 2. The molecule has 5 heteroatoms. The van der Waals surface area contributed by atoms with E-state index in [1.165, 1.54) is 0 Å². The van der Waals surface area contributed by atoms with Crippen LogP contribution in [0, 0.1) is 0 Å². The highest BCUT2D eigenvalue weighted by Gasteiger charge is 2.17. The summed E-state index contributed by atoms with van der Waals surface area (Å²) in [7, 11) is 5.30. The zero-order chi connectivity index (χ0) is 16.7. The van der Waals surface area contributed by atoms with Crippen molar-refractivity contribution < 1.29 is 14.5 Å². The zero-order valence-corrected chi connectivity index (χ0v) is 14.3. The summed E-state index contributed by atoms with van der Waals surface area (Å²) in [6.45, 7) is 4.76. The number of nitrogens with one attached hydrogen (secondary N) is 2. The Bertz CT molecular complexity index is 504. The molecule has 1 atom stereocenters. The molecule has 0 radical (unpaired) electrons. The molecule has 0 bridgehead atoms. The van der Waals surface area contributed by atoms with Gasteiger partial charge in [-0.15, -0.1) is 0 Å². The number of hydrogen-bond acceptors (Lipinski definition) is 2. The Kier molecular flexibility index (Phi) is 7.05. The number of carbonyl (C=O) groups is 2. The van der Waals surface area contributed by atoms with Crippen LogP contribution in [-0.4, -0.2) is 50.9 Å². The van der Waals surface area contributed by atoms with E-state index in [0.717, 1.165) is 34.6 Å². The second-order valence-electron chi connectivity index (χ2n) is 5.81. The lowest BCUT2D eigenvalue weighted by Crippen LogP contribution is -3.11. The minimum Gasteiger partial charge on any atom is -0.344 e. The number of aryl methyl sites for hydroxylation is 2. The van der Waals surface area contributed by atoms with E-state index in [0.29, 0.717) is 6.54 Å². The molecular formula is C17H28N3O2+. The molecule has 122 valence electrons. The maximum absolute atomic E-state index is 12.3. The number of nitrogens with zero attached hydrogens (tertiary/aromatic N) is 1. The molecule has 0 saturated carbocycles. The smallest absolute Gasteiger partial charge is 0.279 e. The fraction of sp³-hybridized carbons (Fsp3) is 0.529. The predicted molar refractivity (Wildman–Crippen MR) is 89.1 cm³/mol. The Morgan fingerprint density at radius 1 is 1.09 bits per heavy atom. The summed E-state index contributed by atoms with van der Waals surface area (Å²) in [5, 5.41) is 3.03. The molecule has 1 aromatic rings. The van der Waals surface area contributed by atoms with Gasteiger partial charge in [-0.05, 0) is 24.0 Å². The molecule has 0 aliphatic rings.